The SMILES string of the molecule is CC1CN(S(=O)(=O)c2c[nH]c(CO)c2)CC(C)N1C. The lowest BCUT2D eigenvalue weighted by Crippen LogP contribution is -2.56. The van der Waals surface area contributed by atoms with Gasteiger partial charge in [-0.15, -0.1) is 0 Å². The number of aromatic amines is 1. The van der Waals surface area contributed by atoms with Gasteiger partial charge in [0.05, 0.1) is 11.5 Å². The van der Waals surface area contributed by atoms with Gasteiger partial charge in [0.25, 0.3) is 0 Å². The lowest BCUT2D eigenvalue weighted by Gasteiger charge is -2.41. The molecule has 0 saturated carbocycles. The summed E-state index contributed by atoms with van der Waals surface area (Å²) in [5.41, 5.74) is 0.508. The Morgan fingerprint density at radius 2 is 1.95 bits per heavy atom. The highest BCUT2D eigenvalue weighted by molar-refractivity contribution is 7.89. The maximum absolute atomic E-state index is 12.5. The van der Waals surface area contributed by atoms with Crippen LogP contribution in [-0.2, 0) is 16.6 Å². The van der Waals surface area contributed by atoms with Gasteiger partial charge < -0.3 is 10.1 Å². The summed E-state index contributed by atoms with van der Waals surface area (Å²) in [4.78, 5) is 5.17. The van der Waals surface area contributed by atoms with Crippen LogP contribution in [0.25, 0.3) is 0 Å². The summed E-state index contributed by atoms with van der Waals surface area (Å²) in [6, 6.07) is 1.87. The first-order chi connectivity index (χ1) is 8.86. The first-order valence-electron chi connectivity index (χ1n) is 6.36. The minimum Gasteiger partial charge on any atom is -0.390 e. The molecule has 2 N–H and O–H groups in total. The maximum Gasteiger partial charge on any atom is 0.244 e. The minimum atomic E-state index is -3.48. The van der Waals surface area contributed by atoms with Crippen molar-refractivity contribution in [2.45, 2.75) is 37.4 Å². The number of aliphatic hydroxyl groups excluding tert-OH is 1. The molecule has 6 nitrogen and oxygen atoms in total. The second-order valence-corrected chi connectivity index (χ2v) is 7.14. The number of aromatic nitrogens is 1. The van der Waals surface area contributed by atoms with E-state index in [4.69, 9.17) is 5.11 Å². The molecule has 1 fully saturated rings. The Labute approximate surface area is 114 Å². The van der Waals surface area contributed by atoms with E-state index >= 15 is 0 Å². The quantitative estimate of drug-likeness (QED) is 0.834. The molecule has 1 aromatic rings. The molecule has 1 saturated heterocycles. The molecule has 0 bridgehead atoms. The van der Waals surface area contributed by atoms with Gasteiger partial charge in [-0.05, 0) is 27.0 Å². The van der Waals surface area contributed by atoms with E-state index in [1.165, 1.54) is 16.6 Å². The van der Waals surface area contributed by atoms with E-state index in [-0.39, 0.29) is 23.6 Å². The van der Waals surface area contributed by atoms with Crippen LogP contribution in [0.1, 0.15) is 19.5 Å². The number of nitrogens with one attached hydrogen (secondary N) is 1. The Hall–Kier alpha value is -0.890. The van der Waals surface area contributed by atoms with Crippen LogP contribution in [0.3, 0.4) is 0 Å². The Morgan fingerprint density at radius 3 is 2.42 bits per heavy atom. The van der Waals surface area contributed by atoms with Crippen LogP contribution in [0.2, 0.25) is 0 Å². The van der Waals surface area contributed by atoms with Gasteiger partial charge in [0.2, 0.25) is 10.0 Å². The van der Waals surface area contributed by atoms with E-state index < -0.39 is 10.0 Å². The average molecular weight is 287 g/mol. The minimum absolute atomic E-state index is 0.189. The molecule has 0 aliphatic carbocycles. The van der Waals surface area contributed by atoms with Crippen molar-refractivity contribution in [1.82, 2.24) is 14.2 Å². The van der Waals surface area contributed by atoms with E-state index in [1.54, 1.807) is 0 Å². The number of aliphatic hydroxyl groups is 1. The molecule has 0 radical (unpaired) electrons. The number of H-pyrrole nitrogens is 1. The van der Waals surface area contributed by atoms with Crippen LogP contribution in [0.15, 0.2) is 17.2 Å². The monoisotopic (exact) mass is 287 g/mol. The van der Waals surface area contributed by atoms with Crippen molar-refractivity contribution in [3.8, 4) is 0 Å². The van der Waals surface area contributed by atoms with Gasteiger partial charge in [-0.2, -0.15) is 4.31 Å². The van der Waals surface area contributed by atoms with Gasteiger partial charge in [-0.3, -0.25) is 4.90 Å². The van der Waals surface area contributed by atoms with E-state index in [9.17, 15) is 8.42 Å². The zero-order valence-electron chi connectivity index (χ0n) is 11.5. The number of rotatable bonds is 3. The first kappa shape index (κ1) is 14.5. The molecule has 19 heavy (non-hydrogen) atoms. The van der Waals surface area contributed by atoms with E-state index in [0.717, 1.165) is 0 Å². The summed E-state index contributed by atoms with van der Waals surface area (Å²) in [5.74, 6) is 0. The molecular weight excluding hydrogens is 266 g/mol. The number of nitrogens with zero attached hydrogens (tertiary/aromatic N) is 2. The zero-order valence-corrected chi connectivity index (χ0v) is 12.3. The Morgan fingerprint density at radius 1 is 1.37 bits per heavy atom. The van der Waals surface area contributed by atoms with Gasteiger partial charge >= 0.3 is 0 Å². The molecular formula is C12H21N3O3S. The van der Waals surface area contributed by atoms with Crippen molar-refractivity contribution >= 4 is 10.0 Å². The molecule has 1 aromatic heterocycles. The van der Waals surface area contributed by atoms with Crippen LogP contribution >= 0.6 is 0 Å². The normalized spacial score (nSPS) is 26.7. The number of hydrogen-bond acceptors (Lipinski definition) is 4. The lowest BCUT2D eigenvalue weighted by atomic mass is 10.1. The first-order valence-corrected chi connectivity index (χ1v) is 7.80. The Kier molecular flexibility index (Phi) is 4.00. The van der Waals surface area contributed by atoms with E-state index in [2.05, 4.69) is 9.88 Å². The third-order valence-electron chi connectivity index (χ3n) is 3.85. The number of hydrogen-bond donors (Lipinski definition) is 2. The van der Waals surface area contributed by atoms with Crippen molar-refractivity contribution in [2.24, 2.45) is 0 Å². The van der Waals surface area contributed by atoms with E-state index in [1.807, 2.05) is 20.9 Å². The predicted molar refractivity (Wildman–Crippen MR) is 72.2 cm³/mol. The predicted octanol–water partition coefficient (Wildman–Crippen LogP) is 0.220. The number of piperazine rings is 1. The lowest BCUT2D eigenvalue weighted by molar-refractivity contribution is 0.105. The van der Waals surface area contributed by atoms with Crippen molar-refractivity contribution in [1.29, 1.82) is 0 Å². The van der Waals surface area contributed by atoms with Crippen LogP contribution in [-0.4, -0.2) is 59.9 Å². The van der Waals surface area contributed by atoms with Crippen molar-refractivity contribution < 1.29 is 13.5 Å². The molecule has 0 spiro atoms. The Bertz CT molecular complexity index is 528. The molecule has 1 aliphatic heterocycles. The molecule has 7 heteroatoms. The van der Waals surface area contributed by atoms with Crippen LogP contribution in [0, 0.1) is 0 Å². The second kappa shape index (κ2) is 5.24. The fourth-order valence-electron chi connectivity index (χ4n) is 2.36. The van der Waals surface area contributed by atoms with Gasteiger partial charge in [0, 0.05) is 37.1 Å². The Balaban J connectivity index is 2.25. The zero-order chi connectivity index (χ0) is 14.2. The summed E-state index contributed by atoms with van der Waals surface area (Å²) in [5, 5.41) is 9.00. The van der Waals surface area contributed by atoms with Crippen molar-refractivity contribution in [2.75, 3.05) is 20.1 Å². The highest BCUT2D eigenvalue weighted by Crippen LogP contribution is 2.22. The van der Waals surface area contributed by atoms with Gasteiger partial charge in [0.1, 0.15) is 0 Å². The summed E-state index contributed by atoms with van der Waals surface area (Å²) < 4.78 is 26.6. The van der Waals surface area contributed by atoms with Crippen molar-refractivity contribution in [3.63, 3.8) is 0 Å². The van der Waals surface area contributed by atoms with Gasteiger partial charge in [-0.25, -0.2) is 8.42 Å². The average Bonchev–Trinajstić information content (AvgIpc) is 2.84. The molecule has 2 heterocycles. The van der Waals surface area contributed by atoms with E-state index in [0.29, 0.717) is 18.8 Å². The highest BCUT2D eigenvalue weighted by Gasteiger charge is 2.34. The number of sulfonamides is 1. The molecule has 2 atom stereocenters. The molecule has 1 aliphatic rings. The number of likely N-dealkylation sites (N-methyl/N-ethyl adjacent to an activating group) is 1. The van der Waals surface area contributed by atoms with Crippen LogP contribution in [0.4, 0.5) is 0 Å². The third-order valence-corrected chi connectivity index (χ3v) is 5.66. The molecule has 0 amide bonds. The second-order valence-electron chi connectivity index (χ2n) is 5.20. The molecule has 2 unspecified atom stereocenters. The summed E-state index contributed by atoms with van der Waals surface area (Å²) in [7, 11) is -1.46. The third kappa shape index (κ3) is 2.69. The largest absolute Gasteiger partial charge is 0.390 e. The van der Waals surface area contributed by atoms with Gasteiger partial charge in [0.15, 0.2) is 0 Å². The van der Waals surface area contributed by atoms with Gasteiger partial charge in [-0.1, -0.05) is 0 Å². The standard InChI is InChI=1S/C12H21N3O3S/c1-9-6-15(7-10(2)14(9)3)19(17,18)12-4-11(8-16)13-5-12/h4-5,9-10,13,16H,6-8H2,1-3H3. The van der Waals surface area contributed by atoms with Crippen LogP contribution < -0.4 is 0 Å². The molecule has 0 aromatic carbocycles. The van der Waals surface area contributed by atoms with Crippen molar-refractivity contribution in [3.05, 3.63) is 18.0 Å². The summed E-state index contributed by atoms with van der Waals surface area (Å²) in [6.07, 6.45) is 1.44. The summed E-state index contributed by atoms with van der Waals surface area (Å²) >= 11 is 0. The fraction of sp³-hybridized carbons (Fsp3) is 0.667. The topological polar surface area (TPSA) is 76.6 Å². The smallest absolute Gasteiger partial charge is 0.244 e. The van der Waals surface area contributed by atoms with Crippen LogP contribution in [0.5, 0.6) is 0 Å². The maximum atomic E-state index is 12.5. The molecule has 108 valence electrons. The molecule has 2 rings (SSSR count). The highest BCUT2D eigenvalue weighted by atomic mass is 32.2. The summed E-state index contributed by atoms with van der Waals surface area (Å²) in [6.45, 7) is 4.83. The fourth-order valence-corrected chi connectivity index (χ4v) is 3.98.